The summed E-state index contributed by atoms with van der Waals surface area (Å²) in [6.07, 6.45) is 0. The Kier molecular flexibility index (Phi) is 2.42. The van der Waals surface area contributed by atoms with Crippen molar-refractivity contribution in [2.75, 3.05) is 0 Å². The molecule has 0 aromatic heterocycles. The molecule has 1 heteroatoms. The number of fused-ring (bicyclic) bond motifs is 1. The summed E-state index contributed by atoms with van der Waals surface area (Å²) in [6.45, 7) is 12.3. The van der Waals surface area contributed by atoms with Crippen molar-refractivity contribution in [2.45, 2.75) is 45.1 Å². The summed E-state index contributed by atoms with van der Waals surface area (Å²) in [5.74, 6) is 4.78. The van der Waals surface area contributed by atoms with Crippen LogP contribution in [0.4, 0.5) is 0 Å². The Morgan fingerprint density at radius 1 is 0.692 bits per heavy atom. The Hall–Kier alpha value is 0.350. The van der Waals surface area contributed by atoms with Crippen LogP contribution in [0.1, 0.15) is 34.6 Å². The highest BCUT2D eigenvalue weighted by Gasteiger charge is 2.52. The Bertz CT molecular complexity index is 201. The van der Waals surface area contributed by atoms with Gasteiger partial charge in [0.1, 0.15) is 0 Å². The van der Waals surface area contributed by atoms with Crippen molar-refractivity contribution in [1.82, 2.24) is 0 Å². The molecule has 0 amide bonds. The van der Waals surface area contributed by atoms with Crippen molar-refractivity contribution in [1.29, 1.82) is 0 Å². The first kappa shape index (κ1) is 9.89. The Morgan fingerprint density at radius 3 is 1.85 bits per heavy atom. The monoisotopic (exact) mass is 198 g/mol. The van der Waals surface area contributed by atoms with E-state index < -0.39 is 0 Å². The second-order valence-electron chi connectivity index (χ2n) is 5.32. The highest BCUT2D eigenvalue weighted by atomic mass is 32.2. The van der Waals surface area contributed by atoms with Crippen molar-refractivity contribution >= 4 is 11.8 Å². The zero-order valence-corrected chi connectivity index (χ0v) is 10.3. The van der Waals surface area contributed by atoms with Gasteiger partial charge in [0.2, 0.25) is 0 Å². The summed E-state index contributed by atoms with van der Waals surface area (Å²) in [5, 5.41) is 1.86. The Balaban J connectivity index is 2.22. The smallest absolute Gasteiger partial charge is 0.0112 e. The van der Waals surface area contributed by atoms with Gasteiger partial charge in [-0.1, -0.05) is 34.6 Å². The molecule has 0 aromatic carbocycles. The molecule has 76 valence electrons. The molecule has 2 fully saturated rings. The van der Waals surface area contributed by atoms with E-state index in [0.717, 1.165) is 40.1 Å². The van der Waals surface area contributed by atoms with Crippen LogP contribution in [0.15, 0.2) is 0 Å². The number of hydrogen-bond donors (Lipinski definition) is 0. The van der Waals surface area contributed by atoms with Crippen LogP contribution < -0.4 is 0 Å². The first-order valence-corrected chi connectivity index (χ1v) is 6.63. The summed E-state index contributed by atoms with van der Waals surface area (Å²) in [7, 11) is 0. The second-order valence-corrected chi connectivity index (χ2v) is 6.88. The molecule has 0 aromatic rings. The minimum atomic E-state index is 0.896. The highest BCUT2D eigenvalue weighted by Crippen LogP contribution is 2.57. The molecule has 2 rings (SSSR count). The quantitative estimate of drug-likeness (QED) is 0.572. The summed E-state index contributed by atoms with van der Waals surface area (Å²) in [6, 6.07) is 0. The van der Waals surface area contributed by atoms with Crippen LogP contribution in [0, 0.1) is 29.6 Å². The van der Waals surface area contributed by atoms with Gasteiger partial charge in [0, 0.05) is 10.5 Å². The van der Waals surface area contributed by atoms with Crippen LogP contribution >= 0.6 is 11.8 Å². The molecule has 0 N–H and O–H groups in total. The van der Waals surface area contributed by atoms with E-state index in [1.165, 1.54) is 0 Å². The lowest BCUT2D eigenvalue weighted by atomic mass is 9.82. The van der Waals surface area contributed by atoms with Gasteiger partial charge in [-0.25, -0.2) is 0 Å². The van der Waals surface area contributed by atoms with E-state index in [2.05, 4.69) is 46.4 Å². The van der Waals surface area contributed by atoms with Gasteiger partial charge in [0.25, 0.3) is 0 Å². The maximum atomic E-state index is 2.47. The average molecular weight is 198 g/mol. The molecule has 1 aliphatic carbocycles. The molecule has 7 atom stereocenters. The maximum Gasteiger partial charge on any atom is 0.0112 e. The number of hydrogen-bond acceptors (Lipinski definition) is 1. The Morgan fingerprint density at radius 2 is 1.31 bits per heavy atom. The molecule has 1 saturated heterocycles. The van der Waals surface area contributed by atoms with Crippen LogP contribution in [0.3, 0.4) is 0 Å². The third-order valence-electron chi connectivity index (χ3n) is 4.88. The summed E-state index contributed by atoms with van der Waals surface area (Å²) < 4.78 is 0. The fraction of sp³-hybridized carbons (Fsp3) is 1.00. The summed E-state index contributed by atoms with van der Waals surface area (Å²) in [4.78, 5) is 0. The van der Waals surface area contributed by atoms with E-state index >= 15 is 0 Å². The lowest BCUT2D eigenvalue weighted by Crippen LogP contribution is -2.20. The molecule has 7 unspecified atom stereocenters. The number of thioether (sulfide) groups is 1. The van der Waals surface area contributed by atoms with Crippen LogP contribution in [0.25, 0.3) is 0 Å². The van der Waals surface area contributed by atoms with Crippen LogP contribution in [-0.4, -0.2) is 10.5 Å². The van der Waals surface area contributed by atoms with E-state index in [4.69, 9.17) is 0 Å². The van der Waals surface area contributed by atoms with Gasteiger partial charge < -0.3 is 0 Å². The molecule has 1 saturated carbocycles. The van der Waals surface area contributed by atoms with Crippen molar-refractivity contribution in [3.8, 4) is 0 Å². The summed E-state index contributed by atoms with van der Waals surface area (Å²) in [5.41, 5.74) is 0. The fourth-order valence-electron chi connectivity index (χ4n) is 3.46. The predicted octanol–water partition coefficient (Wildman–Crippen LogP) is 3.66. The molecular weight excluding hydrogens is 176 g/mol. The van der Waals surface area contributed by atoms with Crippen LogP contribution in [0.2, 0.25) is 0 Å². The first-order valence-electron chi connectivity index (χ1n) is 5.69. The third-order valence-corrected chi connectivity index (χ3v) is 6.80. The normalized spacial score (nSPS) is 61.2. The van der Waals surface area contributed by atoms with Crippen molar-refractivity contribution in [3.05, 3.63) is 0 Å². The van der Waals surface area contributed by atoms with Crippen LogP contribution in [0.5, 0.6) is 0 Å². The molecule has 1 heterocycles. The molecule has 0 spiro atoms. The van der Waals surface area contributed by atoms with Crippen molar-refractivity contribution < 1.29 is 0 Å². The minimum absolute atomic E-state index is 0.896. The standard InChI is InChI=1S/C12H22S/c1-6-7(2)11-9(4)10(5)13-12(11)8(6)3/h6-12H,1-5H3. The molecule has 0 radical (unpaired) electrons. The minimum Gasteiger partial charge on any atom is -0.155 e. The molecule has 2 aliphatic rings. The van der Waals surface area contributed by atoms with Crippen LogP contribution in [-0.2, 0) is 0 Å². The van der Waals surface area contributed by atoms with E-state index in [1.807, 2.05) is 0 Å². The first-order chi connectivity index (χ1) is 6.04. The molecule has 0 bridgehead atoms. The number of rotatable bonds is 0. The Labute approximate surface area is 86.9 Å². The highest BCUT2D eigenvalue weighted by molar-refractivity contribution is 8.00. The summed E-state index contributed by atoms with van der Waals surface area (Å²) >= 11 is 2.26. The lowest BCUT2D eigenvalue weighted by Gasteiger charge is -2.23. The van der Waals surface area contributed by atoms with E-state index in [1.54, 1.807) is 0 Å². The lowest BCUT2D eigenvalue weighted by molar-refractivity contribution is 0.277. The maximum absolute atomic E-state index is 2.47. The van der Waals surface area contributed by atoms with Gasteiger partial charge in [-0.3, -0.25) is 0 Å². The molecule has 13 heavy (non-hydrogen) atoms. The molecule has 0 nitrogen and oxygen atoms in total. The van der Waals surface area contributed by atoms with E-state index in [0.29, 0.717) is 0 Å². The van der Waals surface area contributed by atoms with Gasteiger partial charge in [0.15, 0.2) is 0 Å². The SMILES string of the molecule is CC1SC2C(C)C(C)C(C)C2C1C. The zero-order chi connectivity index (χ0) is 9.75. The van der Waals surface area contributed by atoms with E-state index in [9.17, 15) is 0 Å². The van der Waals surface area contributed by atoms with Gasteiger partial charge in [-0.15, -0.1) is 0 Å². The van der Waals surface area contributed by atoms with Gasteiger partial charge in [-0.05, 0) is 29.6 Å². The van der Waals surface area contributed by atoms with Crippen molar-refractivity contribution in [2.24, 2.45) is 29.6 Å². The largest absolute Gasteiger partial charge is 0.155 e. The molecule has 1 aliphatic heterocycles. The second kappa shape index (κ2) is 3.18. The third kappa shape index (κ3) is 1.26. The van der Waals surface area contributed by atoms with Gasteiger partial charge >= 0.3 is 0 Å². The average Bonchev–Trinajstić information content (AvgIpc) is 2.48. The van der Waals surface area contributed by atoms with Gasteiger partial charge in [0.05, 0.1) is 0 Å². The zero-order valence-electron chi connectivity index (χ0n) is 9.45. The van der Waals surface area contributed by atoms with Gasteiger partial charge in [-0.2, -0.15) is 11.8 Å². The topological polar surface area (TPSA) is 0 Å². The molecular formula is C12H22S. The van der Waals surface area contributed by atoms with E-state index in [-0.39, 0.29) is 0 Å². The predicted molar refractivity (Wildman–Crippen MR) is 61.0 cm³/mol. The fourth-order valence-corrected chi connectivity index (χ4v) is 5.55. The van der Waals surface area contributed by atoms with Crippen molar-refractivity contribution in [3.63, 3.8) is 0 Å².